The fourth-order valence-electron chi connectivity index (χ4n) is 3.09. The van der Waals surface area contributed by atoms with Crippen molar-refractivity contribution in [3.05, 3.63) is 36.7 Å². The summed E-state index contributed by atoms with van der Waals surface area (Å²) >= 11 is 0. The number of rotatable bonds is 6. The second-order valence-electron chi connectivity index (χ2n) is 7.35. The zero-order valence-corrected chi connectivity index (χ0v) is 17.8. The van der Waals surface area contributed by atoms with Crippen LogP contribution in [0.15, 0.2) is 30.3 Å². The second kappa shape index (κ2) is 9.65. The van der Waals surface area contributed by atoms with E-state index < -0.39 is 22.6 Å². The van der Waals surface area contributed by atoms with Crippen LogP contribution in [0.2, 0.25) is 0 Å². The Hall–Kier alpha value is -3.34. The molecule has 11 heteroatoms. The van der Waals surface area contributed by atoms with Gasteiger partial charge in [-0.05, 0) is 31.9 Å². The van der Waals surface area contributed by atoms with Crippen molar-refractivity contribution in [3.8, 4) is 0 Å². The Morgan fingerprint density at radius 2 is 2.13 bits per heavy atom. The highest BCUT2D eigenvalue weighted by Gasteiger charge is 2.38. The topological polar surface area (TPSA) is 124 Å². The minimum absolute atomic E-state index is 0.140. The second-order valence-corrected chi connectivity index (χ2v) is 7.35. The molecule has 165 valence electrons. The summed E-state index contributed by atoms with van der Waals surface area (Å²) < 4.78 is 10.0. The smallest absolute Gasteiger partial charge is 0.466 e. The normalized spacial score (nSPS) is 18.8. The molecule has 0 aromatic carbocycles. The molecule has 1 fully saturated rings. The zero-order valence-electron chi connectivity index (χ0n) is 17.8. The van der Waals surface area contributed by atoms with E-state index in [0.717, 1.165) is 0 Å². The molecular formula is C20H26N6O5+. The third-order valence-corrected chi connectivity index (χ3v) is 4.81. The van der Waals surface area contributed by atoms with Gasteiger partial charge in [0.25, 0.3) is 0 Å². The van der Waals surface area contributed by atoms with Gasteiger partial charge in [-0.3, -0.25) is 9.59 Å². The molecule has 3 rings (SSSR count). The van der Waals surface area contributed by atoms with Crippen molar-refractivity contribution in [1.82, 2.24) is 24.8 Å². The fourth-order valence-corrected chi connectivity index (χ4v) is 3.09. The van der Waals surface area contributed by atoms with Crippen molar-refractivity contribution in [2.24, 2.45) is 0 Å². The molecule has 0 saturated carbocycles. The van der Waals surface area contributed by atoms with E-state index in [1.54, 1.807) is 38.1 Å². The van der Waals surface area contributed by atoms with Crippen LogP contribution in [0.25, 0.3) is 0 Å². The monoisotopic (exact) mass is 430 g/mol. The molecule has 0 spiro atoms. The summed E-state index contributed by atoms with van der Waals surface area (Å²) in [6, 6.07) is -0.820. The Morgan fingerprint density at radius 3 is 2.84 bits per heavy atom. The lowest BCUT2D eigenvalue weighted by Gasteiger charge is -2.34. The SMILES string of the molecule is CCOC(=O)CC1C(=O)NCCN1c1ncnc([N+](C)(C)C(=O)OC2=CC[CH]C=C2)n1. The van der Waals surface area contributed by atoms with Gasteiger partial charge in [-0.2, -0.15) is 14.3 Å². The molecule has 2 amide bonds. The van der Waals surface area contributed by atoms with Crippen LogP contribution in [-0.4, -0.2) is 72.8 Å². The lowest BCUT2D eigenvalue weighted by atomic mass is 10.1. The number of piperazine rings is 1. The summed E-state index contributed by atoms with van der Waals surface area (Å²) in [5, 5.41) is 2.74. The first-order valence-electron chi connectivity index (χ1n) is 9.99. The first-order valence-corrected chi connectivity index (χ1v) is 9.99. The van der Waals surface area contributed by atoms with Gasteiger partial charge in [-0.15, -0.1) is 4.98 Å². The van der Waals surface area contributed by atoms with Crippen LogP contribution in [0.4, 0.5) is 16.7 Å². The average Bonchev–Trinajstić information content (AvgIpc) is 2.76. The predicted molar refractivity (Wildman–Crippen MR) is 111 cm³/mol. The Labute approximate surface area is 180 Å². The summed E-state index contributed by atoms with van der Waals surface area (Å²) in [7, 11) is 3.19. The Balaban J connectivity index is 1.82. The highest BCUT2D eigenvalue weighted by atomic mass is 16.6. The number of ether oxygens (including phenoxy) is 2. The molecule has 1 aliphatic heterocycles. The average molecular weight is 430 g/mol. The molecular weight excluding hydrogens is 404 g/mol. The summed E-state index contributed by atoms with van der Waals surface area (Å²) in [6.45, 7) is 2.69. The molecule has 2 aliphatic rings. The number of esters is 1. The molecule has 0 bridgehead atoms. The van der Waals surface area contributed by atoms with Crippen molar-refractivity contribution in [1.29, 1.82) is 0 Å². The maximum Gasteiger partial charge on any atom is 0.528 e. The summed E-state index contributed by atoms with van der Waals surface area (Å²) in [5.41, 5.74) is 0. The van der Waals surface area contributed by atoms with Gasteiger partial charge in [0.15, 0.2) is 0 Å². The number of carbonyl (C=O) groups excluding carboxylic acids is 3. The highest BCUT2D eigenvalue weighted by Crippen LogP contribution is 2.22. The van der Waals surface area contributed by atoms with Crippen molar-refractivity contribution >= 4 is 29.9 Å². The summed E-state index contributed by atoms with van der Waals surface area (Å²) in [4.78, 5) is 51.5. The first-order chi connectivity index (χ1) is 14.8. The zero-order chi connectivity index (χ0) is 22.4. The number of aromatic nitrogens is 3. The highest BCUT2D eigenvalue weighted by molar-refractivity contribution is 5.90. The molecule has 1 atom stereocenters. The van der Waals surface area contributed by atoms with Crippen LogP contribution in [0.3, 0.4) is 0 Å². The number of quaternary nitrogens is 1. The quantitative estimate of drug-likeness (QED) is 0.517. The van der Waals surface area contributed by atoms with Crippen LogP contribution >= 0.6 is 0 Å². The van der Waals surface area contributed by atoms with E-state index in [1.165, 1.54) is 6.33 Å². The third kappa shape index (κ3) is 5.23. The lowest BCUT2D eigenvalue weighted by molar-refractivity contribution is -0.145. The number of amides is 2. The minimum Gasteiger partial charge on any atom is -0.466 e. The molecule has 11 nitrogen and oxygen atoms in total. The molecule has 2 heterocycles. The van der Waals surface area contributed by atoms with Crippen LogP contribution in [-0.2, 0) is 19.1 Å². The van der Waals surface area contributed by atoms with Crippen LogP contribution in [0.1, 0.15) is 19.8 Å². The van der Waals surface area contributed by atoms with Gasteiger partial charge < -0.3 is 19.7 Å². The number of allylic oxidation sites excluding steroid dienone is 3. The third-order valence-electron chi connectivity index (χ3n) is 4.81. The number of hydrogen-bond acceptors (Lipinski definition) is 9. The van der Waals surface area contributed by atoms with Crippen molar-refractivity contribution in [3.63, 3.8) is 0 Å². The summed E-state index contributed by atoms with van der Waals surface area (Å²) in [5.74, 6) is -0.0191. The first kappa shape index (κ1) is 22.3. The van der Waals surface area contributed by atoms with E-state index in [2.05, 4.69) is 20.3 Å². The van der Waals surface area contributed by atoms with E-state index in [-0.39, 0.29) is 30.8 Å². The standard InChI is InChI=1S/C20H25N6O5/c1-4-30-16(27)12-15-17(28)21-10-11-25(15)18-22-13-23-19(24-18)26(2,3)20(29)31-14-8-6-5-7-9-14/h5-6,8-9,13,15H,4,7,10-12H2,1-3H3/p+1. The van der Waals surface area contributed by atoms with Gasteiger partial charge >= 0.3 is 18.0 Å². The number of nitrogens with zero attached hydrogens (tertiary/aromatic N) is 5. The van der Waals surface area contributed by atoms with E-state index in [1.807, 2.05) is 12.5 Å². The molecule has 31 heavy (non-hydrogen) atoms. The van der Waals surface area contributed by atoms with Crippen molar-refractivity contribution in [2.45, 2.75) is 25.8 Å². The molecule has 1 radical (unpaired) electrons. The lowest BCUT2D eigenvalue weighted by Crippen LogP contribution is -2.57. The van der Waals surface area contributed by atoms with Gasteiger partial charge in [0.05, 0.1) is 27.1 Å². The maximum absolute atomic E-state index is 12.8. The van der Waals surface area contributed by atoms with Gasteiger partial charge in [-0.1, -0.05) is 6.08 Å². The van der Waals surface area contributed by atoms with Gasteiger partial charge in [0, 0.05) is 13.1 Å². The van der Waals surface area contributed by atoms with Crippen LogP contribution in [0, 0.1) is 6.42 Å². The predicted octanol–water partition coefficient (Wildman–Crippen LogP) is 0.881. The molecule has 1 unspecified atom stereocenters. The number of carbonyl (C=O) groups is 3. The largest absolute Gasteiger partial charge is 0.528 e. The van der Waals surface area contributed by atoms with E-state index in [4.69, 9.17) is 9.47 Å². The maximum atomic E-state index is 12.8. The van der Waals surface area contributed by atoms with Gasteiger partial charge in [0.2, 0.25) is 11.9 Å². The Morgan fingerprint density at radius 1 is 1.32 bits per heavy atom. The number of anilines is 1. The van der Waals surface area contributed by atoms with Crippen LogP contribution < -0.4 is 14.7 Å². The number of nitrogens with one attached hydrogen (secondary N) is 1. The Kier molecular flexibility index (Phi) is 6.95. The van der Waals surface area contributed by atoms with Crippen molar-refractivity contribution < 1.29 is 23.9 Å². The van der Waals surface area contributed by atoms with Gasteiger partial charge in [0.1, 0.15) is 18.1 Å². The molecule has 1 N–H and O–H groups in total. The van der Waals surface area contributed by atoms with Gasteiger partial charge in [-0.25, -0.2) is 4.98 Å². The van der Waals surface area contributed by atoms with E-state index >= 15 is 0 Å². The molecule has 1 aromatic rings. The minimum atomic E-state index is -0.820. The molecule has 1 saturated heterocycles. The fraction of sp³-hybridized carbons (Fsp3) is 0.450. The number of hydrogen-bond donors (Lipinski definition) is 1. The molecule has 1 aromatic heterocycles. The molecule has 1 aliphatic carbocycles. The van der Waals surface area contributed by atoms with E-state index in [0.29, 0.717) is 25.3 Å². The summed E-state index contributed by atoms with van der Waals surface area (Å²) in [6.07, 6.45) is 8.49. The van der Waals surface area contributed by atoms with E-state index in [9.17, 15) is 14.4 Å². The Bertz CT molecular complexity index is 913. The van der Waals surface area contributed by atoms with Crippen LogP contribution in [0.5, 0.6) is 0 Å². The van der Waals surface area contributed by atoms with Crippen molar-refractivity contribution in [2.75, 3.05) is 38.7 Å².